The molecule has 0 atom stereocenters. The van der Waals surface area contributed by atoms with Gasteiger partial charge < -0.3 is 9.84 Å². The summed E-state index contributed by atoms with van der Waals surface area (Å²) >= 11 is 0. The Balaban J connectivity index is 3.07. The number of nitrogens with one attached hydrogen (secondary N) is 1. The molecule has 0 saturated heterocycles. The van der Waals surface area contributed by atoms with Gasteiger partial charge in [0.2, 0.25) is 0 Å². The highest BCUT2D eigenvalue weighted by Crippen LogP contribution is 1.73. The van der Waals surface area contributed by atoms with Crippen LogP contribution in [0.25, 0.3) is 0 Å². The first-order valence-electron chi connectivity index (χ1n) is 2.42. The molecular weight excluding hydrogens is 122 g/mol. The monoisotopic (exact) mass is 131 g/mol. The van der Waals surface area contributed by atoms with Gasteiger partial charge in [0.05, 0.1) is 6.73 Å². The first-order valence-corrected chi connectivity index (χ1v) is 2.42. The Hall–Kier alpha value is -0.870. The third kappa shape index (κ3) is 4.99. The summed E-state index contributed by atoms with van der Waals surface area (Å²) in [6, 6.07) is 0. The summed E-state index contributed by atoms with van der Waals surface area (Å²) in [5.74, 6) is -0.504. The maximum atomic E-state index is 10.2. The van der Waals surface area contributed by atoms with Gasteiger partial charge in [0.1, 0.15) is 6.73 Å². The van der Waals surface area contributed by atoms with Gasteiger partial charge in [-0.15, -0.1) is 0 Å². The zero-order valence-electron chi connectivity index (χ0n) is 4.96. The van der Waals surface area contributed by atoms with E-state index in [2.05, 4.69) is 16.6 Å². The van der Waals surface area contributed by atoms with E-state index in [9.17, 15) is 4.79 Å². The second-order valence-electron chi connectivity index (χ2n) is 1.22. The van der Waals surface area contributed by atoms with Crippen molar-refractivity contribution in [1.82, 2.24) is 5.32 Å². The minimum Gasteiger partial charge on any atom is -0.447 e. The molecule has 0 unspecified atom stereocenters. The number of ether oxygens (including phenoxy) is 1. The third-order valence-electron chi connectivity index (χ3n) is 0.595. The van der Waals surface area contributed by atoms with Gasteiger partial charge in [-0.25, -0.2) is 4.79 Å². The highest BCUT2D eigenvalue weighted by atomic mass is 16.5. The van der Waals surface area contributed by atoms with Gasteiger partial charge >= 0.3 is 5.97 Å². The van der Waals surface area contributed by atoms with Gasteiger partial charge in [0.25, 0.3) is 0 Å². The van der Waals surface area contributed by atoms with Crippen molar-refractivity contribution in [3.05, 3.63) is 12.7 Å². The van der Waals surface area contributed by atoms with Crippen LogP contribution in [0.5, 0.6) is 0 Å². The molecule has 0 aromatic heterocycles. The van der Waals surface area contributed by atoms with Crippen LogP contribution in [-0.4, -0.2) is 24.5 Å². The normalized spacial score (nSPS) is 8.56. The van der Waals surface area contributed by atoms with Crippen molar-refractivity contribution in [2.45, 2.75) is 0 Å². The molecule has 0 aliphatic rings. The lowest BCUT2D eigenvalue weighted by Gasteiger charge is -1.99. The van der Waals surface area contributed by atoms with E-state index in [1.54, 1.807) is 0 Å². The van der Waals surface area contributed by atoms with E-state index < -0.39 is 5.97 Å². The van der Waals surface area contributed by atoms with Gasteiger partial charge in [-0.3, -0.25) is 5.32 Å². The number of hydrogen-bond acceptors (Lipinski definition) is 4. The van der Waals surface area contributed by atoms with Crippen LogP contribution in [0.4, 0.5) is 0 Å². The van der Waals surface area contributed by atoms with Gasteiger partial charge in [-0.2, -0.15) is 0 Å². The van der Waals surface area contributed by atoms with Crippen LogP contribution < -0.4 is 5.32 Å². The van der Waals surface area contributed by atoms with Gasteiger partial charge in [0, 0.05) is 6.08 Å². The van der Waals surface area contributed by atoms with E-state index in [0.717, 1.165) is 6.08 Å². The number of aliphatic hydroxyl groups is 1. The van der Waals surface area contributed by atoms with E-state index in [4.69, 9.17) is 5.11 Å². The number of aliphatic hydroxyl groups excluding tert-OH is 1. The van der Waals surface area contributed by atoms with E-state index in [1.165, 1.54) is 0 Å². The van der Waals surface area contributed by atoms with Crippen LogP contribution >= 0.6 is 0 Å². The minimum absolute atomic E-state index is 0.0152. The van der Waals surface area contributed by atoms with Gasteiger partial charge in [-0.1, -0.05) is 6.58 Å². The molecule has 0 radical (unpaired) electrons. The molecule has 0 saturated carbocycles. The van der Waals surface area contributed by atoms with Gasteiger partial charge in [-0.05, 0) is 0 Å². The van der Waals surface area contributed by atoms with Crippen molar-refractivity contribution in [1.29, 1.82) is 0 Å². The lowest BCUT2D eigenvalue weighted by molar-refractivity contribution is -0.138. The number of hydrogen-bond donors (Lipinski definition) is 2. The lowest BCUT2D eigenvalue weighted by atomic mass is 10.7. The highest BCUT2D eigenvalue weighted by Gasteiger charge is 1.90. The number of carbonyl (C=O) groups is 1. The summed E-state index contributed by atoms with van der Waals surface area (Å²) in [4.78, 5) is 10.2. The molecular formula is C5H9NO3. The van der Waals surface area contributed by atoms with Crippen molar-refractivity contribution in [2.24, 2.45) is 0 Å². The smallest absolute Gasteiger partial charge is 0.331 e. The van der Waals surface area contributed by atoms with Crippen molar-refractivity contribution in [2.75, 3.05) is 13.5 Å². The van der Waals surface area contributed by atoms with E-state index in [0.29, 0.717) is 0 Å². The first kappa shape index (κ1) is 8.13. The SMILES string of the molecule is C=CC(=O)OCNCO. The van der Waals surface area contributed by atoms with Crippen LogP contribution in [0, 0.1) is 0 Å². The molecule has 0 amide bonds. The second-order valence-corrected chi connectivity index (χ2v) is 1.22. The van der Waals surface area contributed by atoms with Crippen LogP contribution in [0.1, 0.15) is 0 Å². The summed E-state index contributed by atoms with van der Waals surface area (Å²) in [6.45, 7) is 2.99. The zero-order chi connectivity index (χ0) is 7.11. The highest BCUT2D eigenvalue weighted by molar-refractivity contribution is 5.81. The average molecular weight is 131 g/mol. The summed E-state index contributed by atoms with van der Waals surface area (Å²) in [5, 5.41) is 10.5. The Morgan fingerprint density at radius 3 is 3.00 bits per heavy atom. The van der Waals surface area contributed by atoms with Crippen molar-refractivity contribution in [3.63, 3.8) is 0 Å². The van der Waals surface area contributed by atoms with Crippen molar-refractivity contribution >= 4 is 5.97 Å². The molecule has 0 spiro atoms. The summed E-state index contributed by atoms with van der Waals surface area (Å²) in [7, 11) is 0. The Kier molecular flexibility index (Phi) is 4.76. The van der Waals surface area contributed by atoms with E-state index >= 15 is 0 Å². The molecule has 9 heavy (non-hydrogen) atoms. The number of carbonyl (C=O) groups excluding carboxylic acids is 1. The molecule has 0 aliphatic carbocycles. The van der Waals surface area contributed by atoms with E-state index in [-0.39, 0.29) is 13.5 Å². The Bertz CT molecular complexity index is 102. The van der Waals surface area contributed by atoms with Crippen molar-refractivity contribution in [3.8, 4) is 0 Å². The van der Waals surface area contributed by atoms with Crippen LogP contribution in [0.2, 0.25) is 0 Å². The molecule has 0 bridgehead atoms. The number of rotatable bonds is 4. The van der Waals surface area contributed by atoms with Crippen LogP contribution in [0.3, 0.4) is 0 Å². The first-order chi connectivity index (χ1) is 4.31. The minimum atomic E-state index is -0.504. The predicted molar refractivity (Wildman–Crippen MR) is 31.4 cm³/mol. The molecule has 4 nitrogen and oxygen atoms in total. The largest absolute Gasteiger partial charge is 0.447 e. The number of esters is 1. The fourth-order valence-corrected chi connectivity index (χ4v) is 0.227. The molecule has 52 valence electrons. The fraction of sp³-hybridized carbons (Fsp3) is 0.400. The Labute approximate surface area is 53.1 Å². The quantitative estimate of drug-likeness (QED) is 0.227. The molecule has 0 aliphatic heterocycles. The van der Waals surface area contributed by atoms with Crippen LogP contribution in [-0.2, 0) is 9.53 Å². The Morgan fingerprint density at radius 2 is 2.56 bits per heavy atom. The molecule has 2 N–H and O–H groups in total. The molecule has 0 fully saturated rings. The Morgan fingerprint density at radius 1 is 1.89 bits per heavy atom. The van der Waals surface area contributed by atoms with Crippen molar-refractivity contribution < 1.29 is 14.6 Å². The second kappa shape index (κ2) is 5.27. The molecule has 0 aromatic rings. The van der Waals surface area contributed by atoms with Crippen LogP contribution in [0.15, 0.2) is 12.7 Å². The summed E-state index contributed by atoms with van der Waals surface area (Å²) in [5.41, 5.74) is 0. The van der Waals surface area contributed by atoms with Gasteiger partial charge in [0.15, 0.2) is 0 Å². The maximum Gasteiger partial charge on any atom is 0.331 e. The zero-order valence-corrected chi connectivity index (χ0v) is 4.96. The lowest BCUT2D eigenvalue weighted by Crippen LogP contribution is -2.20. The molecule has 0 heterocycles. The fourth-order valence-electron chi connectivity index (χ4n) is 0.227. The summed E-state index contributed by atoms with van der Waals surface area (Å²) < 4.78 is 4.40. The molecule has 0 aromatic carbocycles. The summed E-state index contributed by atoms with van der Waals surface area (Å²) in [6.07, 6.45) is 1.05. The molecule has 4 heteroatoms. The standard InChI is InChI=1S/C5H9NO3/c1-2-5(8)9-4-6-3-7/h2,6-7H,1,3-4H2. The van der Waals surface area contributed by atoms with E-state index in [1.807, 2.05) is 0 Å². The maximum absolute atomic E-state index is 10.2. The molecule has 0 rings (SSSR count). The topological polar surface area (TPSA) is 58.6 Å². The third-order valence-corrected chi connectivity index (χ3v) is 0.595. The predicted octanol–water partition coefficient (Wildman–Crippen LogP) is -0.788. The average Bonchev–Trinajstić information content (AvgIpc) is 1.89.